The molecule has 2 atom stereocenters. The summed E-state index contributed by atoms with van der Waals surface area (Å²) in [5.74, 6) is 0.0820. The Bertz CT molecular complexity index is 724. The van der Waals surface area contributed by atoms with Gasteiger partial charge in [0.15, 0.2) is 5.82 Å². The zero-order chi connectivity index (χ0) is 16.6. The monoisotopic (exact) mass is 348 g/mol. The molecule has 0 saturated carbocycles. The molecule has 0 unspecified atom stereocenters. The van der Waals surface area contributed by atoms with Crippen LogP contribution in [0.5, 0.6) is 0 Å². The molecule has 2 aliphatic rings. The summed E-state index contributed by atoms with van der Waals surface area (Å²) in [5, 5.41) is 5.02. The van der Waals surface area contributed by atoms with E-state index in [9.17, 15) is 9.18 Å². The largest absolute Gasteiger partial charge is 0.380 e. The van der Waals surface area contributed by atoms with Crippen LogP contribution in [0.2, 0.25) is 0 Å². The number of aromatic nitrogens is 2. The molecule has 24 heavy (non-hydrogen) atoms. The average molecular weight is 348 g/mol. The highest BCUT2D eigenvalue weighted by molar-refractivity contribution is 7.09. The first kappa shape index (κ1) is 15.5. The number of amides is 1. The third-order valence-corrected chi connectivity index (χ3v) is 5.60. The van der Waals surface area contributed by atoms with E-state index in [0.717, 1.165) is 17.3 Å². The number of ether oxygens (including phenoxy) is 1. The Labute approximate surface area is 142 Å². The van der Waals surface area contributed by atoms with Crippen LogP contribution >= 0.6 is 11.3 Å². The Hall–Kier alpha value is -2.06. The SMILES string of the molecule is O=C(NCc1cccs1)[C@]12COC[C@H]1CN(c1ncc(F)cn1)C2. The molecule has 2 aromatic rings. The fraction of sp³-hybridized carbons (Fsp3) is 0.438. The summed E-state index contributed by atoms with van der Waals surface area (Å²) in [6.45, 7) is 2.59. The van der Waals surface area contributed by atoms with Crippen molar-refractivity contribution in [3.05, 3.63) is 40.6 Å². The molecule has 0 aliphatic carbocycles. The smallest absolute Gasteiger partial charge is 0.231 e. The van der Waals surface area contributed by atoms with E-state index >= 15 is 0 Å². The Kier molecular flexibility index (Phi) is 3.93. The van der Waals surface area contributed by atoms with Gasteiger partial charge in [-0.3, -0.25) is 4.79 Å². The minimum Gasteiger partial charge on any atom is -0.380 e. The van der Waals surface area contributed by atoms with E-state index in [4.69, 9.17) is 4.74 Å². The van der Waals surface area contributed by atoms with Gasteiger partial charge in [-0.2, -0.15) is 0 Å². The lowest BCUT2D eigenvalue weighted by Crippen LogP contribution is -2.46. The van der Waals surface area contributed by atoms with Crippen molar-refractivity contribution in [2.45, 2.75) is 6.54 Å². The van der Waals surface area contributed by atoms with Gasteiger partial charge in [0.05, 0.1) is 37.6 Å². The number of carbonyl (C=O) groups excluding carboxylic acids is 1. The first-order valence-electron chi connectivity index (χ1n) is 7.78. The van der Waals surface area contributed by atoms with Crippen molar-refractivity contribution in [3.63, 3.8) is 0 Å². The van der Waals surface area contributed by atoms with E-state index in [2.05, 4.69) is 15.3 Å². The zero-order valence-corrected chi connectivity index (χ0v) is 13.8. The number of halogens is 1. The quantitative estimate of drug-likeness (QED) is 0.906. The van der Waals surface area contributed by atoms with Gasteiger partial charge in [0, 0.05) is 23.9 Å². The van der Waals surface area contributed by atoms with Gasteiger partial charge in [-0.1, -0.05) is 6.07 Å². The lowest BCUT2D eigenvalue weighted by Gasteiger charge is -2.25. The van der Waals surface area contributed by atoms with Gasteiger partial charge in [0.2, 0.25) is 11.9 Å². The molecule has 2 fully saturated rings. The van der Waals surface area contributed by atoms with Gasteiger partial charge in [-0.25, -0.2) is 14.4 Å². The molecule has 126 valence electrons. The molecule has 4 rings (SSSR count). The topological polar surface area (TPSA) is 67.3 Å². The van der Waals surface area contributed by atoms with Crippen LogP contribution in [0.1, 0.15) is 4.88 Å². The minimum atomic E-state index is -0.588. The number of rotatable bonds is 4. The minimum absolute atomic E-state index is 0.00279. The Morgan fingerprint density at radius 1 is 1.50 bits per heavy atom. The van der Waals surface area contributed by atoms with Gasteiger partial charge < -0.3 is 15.0 Å². The van der Waals surface area contributed by atoms with Crippen LogP contribution in [0.25, 0.3) is 0 Å². The number of nitrogens with one attached hydrogen (secondary N) is 1. The van der Waals surface area contributed by atoms with Crippen molar-refractivity contribution < 1.29 is 13.9 Å². The van der Waals surface area contributed by atoms with E-state index in [0.29, 0.717) is 38.8 Å². The van der Waals surface area contributed by atoms with E-state index in [-0.39, 0.29) is 11.8 Å². The van der Waals surface area contributed by atoms with Crippen molar-refractivity contribution in [2.24, 2.45) is 11.3 Å². The van der Waals surface area contributed by atoms with Crippen molar-refractivity contribution in [3.8, 4) is 0 Å². The van der Waals surface area contributed by atoms with Gasteiger partial charge in [-0.15, -0.1) is 11.3 Å². The first-order chi connectivity index (χ1) is 11.7. The van der Waals surface area contributed by atoms with Gasteiger partial charge in [0.1, 0.15) is 0 Å². The van der Waals surface area contributed by atoms with E-state index < -0.39 is 11.2 Å². The number of hydrogen-bond donors (Lipinski definition) is 1. The maximum atomic E-state index is 13.0. The number of nitrogens with zero attached hydrogens (tertiary/aromatic N) is 3. The molecule has 1 amide bonds. The molecule has 2 aliphatic heterocycles. The first-order valence-corrected chi connectivity index (χ1v) is 8.66. The molecule has 2 saturated heterocycles. The molecular formula is C16H17FN4O2S. The summed E-state index contributed by atoms with van der Waals surface area (Å²) in [4.78, 5) is 24.0. The van der Waals surface area contributed by atoms with Crippen LogP contribution in [0, 0.1) is 17.2 Å². The summed E-state index contributed by atoms with van der Waals surface area (Å²) in [6.07, 6.45) is 2.30. The van der Waals surface area contributed by atoms with Crippen molar-refractivity contribution >= 4 is 23.2 Å². The lowest BCUT2D eigenvalue weighted by molar-refractivity contribution is -0.131. The molecule has 2 aromatic heterocycles. The van der Waals surface area contributed by atoms with Crippen molar-refractivity contribution in [1.82, 2.24) is 15.3 Å². The summed E-state index contributed by atoms with van der Waals surface area (Å²) < 4.78 is 18.6. The van der Waals surface area contributed by atoms with Crippen LogP contribution in [0.15, 0.2) is 29.9 Å². The molecular weight excluding hydrogens is 331 g/mol. The normalized spacial score (nSPS) is 25.7. The number of anilines is 1. The maximum Gasteiger partial charge on any atom is 0.231 e. The van der Waals surface area contributed by atoms with Crippen LogP contribution in [0.3, 0.4) is 0 Å². The highest BCUT2D eigenvalue weighted by atomic mass is 32.1. The third-order valence-electron chi connectivity index (χ3n) is 4.72. The third kappa shape index (κ3) is 2.65. The Balaban J connectivity index is 1.49. The maximum absolute atomic E-state index is 13.0. The van der Waals surface area contributed by atoms with E-state index in [1.807, 2.05) is 22.4 Å². The number of fused-ring (bicyclic) bond motifs is 1. The molecule has 8 heteroatoms. The number of carbonyl (C=O) groups is 1. The highest BCUT2D eigenvalue weighted by Gasteiger charge is 2.56. The van der Waals surface area contributed by atoms with E-state index in [1.54, 1.807) is 11.3 Å². The average Bonchev–Trinajstić information content (AvgIpc) is 3.29. The molecule has 0 aromatic carbocycles. The lowest BCUT2D eigenvalue weighted by atomic mass is 9.80. The number of hydrogen-bond acceptors (Lipinski definition) is 6. The summed E-state index contributed by atoms with van der Waals surface area (Å²) in [7, 11) is 0. The second-order valence-electron chi connectivity index (χ2n) is 6.21. The summed E-state index contributed by atoms with van der Waals surface area (Å²) >= 11 is 1.62. The number of thiophene rings is 1. The van der Waals surface area contributed by atoms with Crippen molar-refractivity contribution in [1.29, 1.82) is 0 Å². The zero-order valence-electron chi connectivity index (χ0n) is 12.9. The summed E-state index contributed by atoms with van der Waals surface area (Å²) in [6, 6.07) is 3.97. The Morgan fingerprint density at radius 3 is 3.08 bits per heavy atom. The molecule has 6 nitrogen and oxygen atoms in total. The van der Waals surface area contributed by atoms with Gasteiger partial charge in [-0.05, 0) is 11.4 Å². The molecule has 1 N–H and O–H groups in total. The fourth-order valence-corrected chi connectivity index (χ4v) is 4.08. The van der Waals surface area contributed by atoms with Crippen molar-refractivity contribution in [2.75, 3.05) is 31.2 Å². The van der Waals surface area contributed by atoms with Crippen LogP contribution in [-0.4, -0.2) is 42.2 Å². The Morgan fingerprint density at radius 2 is 2.33 bits per heavy atom. The van der Waals surface area contributed by atoms with E-state index in [1.165, 1.54) is 0 Å². The van der Waals surface area contributed by atoms with Crippen LogP contribution < -0.4 is 10.2 Å². The molecule has 0 bridgehead atoms. The van der Waals surface area contributed by atoms with Gasteiger partial charge in [0.25, 0.3) is 0 Å². The molecule has 0 spiro atoms. The molecule has 4 heterocycles. The standard InChI is InChI=1S/C16H17FN4O2S/c17-12-4-19-15(20-5-12)21-7-11-8-23-10-16(11,9-21)14(22)18-6-13-2-1-3-24-13/h1-5,11H,6-10H2,(H,18,22)/t11-,16-/m1/s1. The van der Waals surface area contributed by atoms with Crippen LogP contribution in [-0.2, 0) is 16.1 Å². The molecule has 0 radical (unpaired) electrons. The highest BCUT2D eigenvalue weighted by Crippen LogP contribution is 2.42. The predicted molar refractivity (Wildman–Crippen MR) is 87.1 cm³/mol. The fourth-order valence-electron chi connectivity index (χ4n) is 3.43. The predicted octanol–water partition coefficient (Wildman–Crippen LogP) is 1.45. The second kappa shape index (κ2) is 6.10. The second-order valence-corrected chi connectivity index (χ2v) is 7.24. The van der Waals surface area contributed by atoms with Crippen LogP contribution in [0.4, 0.5) is 10.3 Å². The van der Waals surface area contributed by atoms with Gasteiger partial charge >= 0.3 is 0 Å². The summed E-state index contributed by atoms with van der Waals surface area (Å²) in [5.41, 5.74) is -0.588.